The normalized spacial score (nSPS) is 16.8. The van der Waals surface area contributed by atoms with E-state index in [1.807, 2.05) is 24.0 Å². The van der Waals surface area contributed by atoms with Crippen LogP contribution < -0.4 is 10.6 Å². The van der Waals surface area contributed by atoms with Crippen LogP contribution in [0.3, 0.4) is 0 Å². The van der Waals surface area contributed by atoms with E-state index in [2.05, 4.69) is 39.6 Å². The number of likely N-dealkylation sites (N-methyl/N-ethyl adjacent to an activating group) is 1. The van der Waals surface area contributed by atoms with Gasteiger partial charge in [0.2, 0.25) is 0 Å². The fourth-order valence-electron chi connectivity index (χ4n) is 3.11. The number of rotatable bonds is 7. The molecule has 2 N–H and O–H groups in total. The molecule has 0 saturated heterocycles. The molecule has 1 aromatic heterocycles. The van der Waals surface area contributed by atoms with Crippen LogP contribution in [0.2, 0.25) is 0 Å². The zero-order chi connectivity index (χ0) is 16.5. The van der Waals surface area contributed by atoms with Crippen molar-refractivity contribution in [2.75, 3.05) is 26.7 Å². The van der Waals surface area contributed by atoms with E-state index >= 15 is 0 Å². The Bertz CT molecular complexity index is 475. The third-order valence-corrected chi connectivity index (χ3v) is 4.62. The van der Waals surface area contributed by atoms with Gasteiger partial charge in [-0.25, -0.2) is 4.99 Å². The van der Waals surface area contributed by atoms with E-state index < -0.39 is 0 Å². The largest absolute Gasteiger partial charge is 0.357 e. The summed E-state index contributed by atoms with van der Waals surface area (Å²) in [4.78, 5) is 7.14. The summed E-state index contributed by atoms with van der Waals surface area (Å²) in [5.74, 6) is 0.880. The zero-order valence-corrected chi connectivity index (χ0v) is 14.9. The highest BCUT2D eigenvalue weighted by Gasteiger charge is 2.17. The molecule has 0 amide bonds. The van der Waals surface area contributed by atoms with Gasteiger partial charge in [-0.15, -0.1) is 0 Å². The van der Waals surface area contributed by atoms with E-state index in [1.165, 1.54) is 32.1 Å². The summed E-state index contributed by atoms with van der Waals surface area (Å²) in [7, 11) is 4.20. The summed E-state index contributed by atoms with van der Waals surface area (Å²) in [6, 6.07) is 2.77. The van der Waals surface area contributed by atoms with Crippen molar-refractivity contribution in [1.82, 2.24) is 25.3 Å². The van der Waals surface area contributed by atoms with Crippen LogP contribution in [-0.4, -0.2) is 53.4 Å². The molecule has 0 atom stereocenters. The number of nitrogens with zero attached hydrogens (tertiary/aromatic N) is 4. The summed E-state index contributed by atoms with van der Waals surface area (Å²) < 4.78 is 1.86. The SMILES string of the molecule is CCNC(=NCc1ccnn1C)NCCN(C)C1CCCCC1. The van der Waals surface area contributed by atoms with Crippen LogP contribution in [0.4, 0.5) is 0 Å². The third kappa shape index (κ3) is 5.86. The Labute approximate surface area is 140 Å². The molecule has 1 aliphatic carbocycles. The van der Waals surface area contributed by atoms with E-state index in [0.29, 0.717) is 6.54 Å². The fraction of sp³-hybridized carbons (Fsp3) is 0.765. The second kappa shape index (κ2) is 9.55. The molecule has 130 valence electrons. The highest BCUT2D eigenvalue weighted by molar-refractivity contribution is 5.79. The Morgan fingerprint density at radius 3 is 2.78 bits per heavy atom. The molecule has 0 aromatic carbocycles. The first-order valence-corrected chi connectivity index (χ1v) is 8.90. The minimum Gasteiger partial charge on any atom is -0.357 e. The predicted octanol–water partition coefficient (Wildman–Crippen LogP) is 1.74. The van der Waals surface area contributed by atoms with Crippen LogP contribution in [0.15, 0.2) is 17.3 Å². The van der Waals surface area contributed by atoms with Crippen molar-refractivity contribution in [3.05, 3.63) is 18.0 Å². The van der Waals surface area contributed by atoms with Gasteiger partial charge in [0.1, 0.15) is 0 Å². The molecule has 1 saturated carbocycles. The van der Waals surface area contributed by atoms with Crippen LogP contribution in [0.5, 0.6) is 0 Å². The number of aromatic nitrogens is 2. The Hall–Kier alpha value is -1.56. The fourth-order valence-corrected chi connectivity index (χ4v) is 3.11. The predicted molar refractivity (Wildman–Crippen MR) is 95.5 cm³/mol. The second-order valence-electron chi connectivity index (χ2n) is 6.34. The molecule has 0 unspecified atom stereocenters. The Kier molecular flexibility index (Phi) is 7.39. The van der Waals surface area contributed by atoms with Gasteiger partial charge in [0.25, 0.3) is 0 Å². The molecule has 23 heavy (non-hydrogen) atoms. The van der Waals surface area contributed by atoms with E-state index in [4.69, 9.17) is 0 Å². The first kappa shape index (κ1) is 17.8. The molecule has 1 fully saturated rings. The van der Waals surface area contributed by atoms with Gasteiger partial charge in [-0.05, 0) is 32.9 Å². The average Bonchev–Trinajstić information content (AvgIpc) is 2.98. The Balaban J connectivity index is 1.76. The van der Waals surface area contributed by atoms with Crippen LogP contribution in [0, 0.1) is 0 Å². The maximum Gasteiger partial charge on any atom is 0.191 e. The lowest BCUT2D eigenvalue weighted by Crippen LogP contribution is -2.43. The molecule has 0 radical (unpaired) electrons. The van der Waals surface area contributed by atoms with Gasteiger partial charge in [0.05, 0.1) is 12.2 Å². The van der Waals surface area contributed by atoms with Crippen molar-refractivity contribution >= 4 is 5.96 Å². The van der Waals surface area contributed by atoms with Gasteiger partial charge in [-0.1, -0.05) is 19.3 Å². The standard InChI is InChI=1S/C17H32N6/c1-4-18-17(20-14-16-10-11-21-23(16)3)19-12-13-22(2)15-8-6-5-7-9-15/h10-11,15H,4-9,12-14H2,1-3H3,(H2,18,19,20). The average molecular weight is 320 g/mol. The number of hydrogen-bond acceptors (Lipinski definition) is 3. The van der Waals surface area contributed by atoms with E-state index in [1.54, 1.807) is 0 Å². The molecular formula is C17H32N6. The minimum absolute atomic E-state index is 0.643. The van der Waals surface area contributed by atoms with Crippen LogP contribution in [0.1, 0.15) is 44.7 Å². The monoisotopic (exact) mass is 320 g/mol. The molecule has 1 heterocycles. The first-order valence-electron chi connectivity index (χ1n) is 8.90. The highest BCUT2D eigenvalue weighted by atomic mass is 15.3. The first-order chi connectivity index (χ1) is 11.2. The number of aliphatic imine (C=N–C) groups is 1. The molecule has 6 nitrogen and oxygen atoms in total. The third-order valence-electron chi connectivity index (χ3n) is 4.62. The molecule has 0 bridgehead atoms. The van der Waals surface area contributed by atoms with Gasteiger partial charge in [0, 0.05) is 38.9 Å². The molecule has 6 heteroatoms. The summed E-state index contributed by atoms with van der Waals surface area (Å²) >= 11 is 0. The second-order valence-corrected chi connectivity index (χ2v) is 6.34. The van der Waals surface area contributed by atoms with Gasteiger partial charge in [-0.2, -0.15) is 5.10 Å². The van der Waals surface area contributed by atoms with Crippen molar-refractivity contribution in [1.29, 1.82) is 0 Å². The topological polar surface area (TPSA) is 57.5 Å². The van der Waals surface area contributed by atoms with Crippen molar-refractivity contribution in [2.24, 2.45) is 12.0 Å². The lowest BCUT2D eigenvalue weighted by molar-refractivity contribution is 0.194. The van der Waals surface area contributed by atoms with Crippen LogP contribution in [0.25, 0.3) is 0 Å². The van der Waals surface area contributed by atoms with Gasteiger partial charge >= 0.3 is 0 Å². The molecule has 1 aromatic rings. The number of hydrogen-bond donors (Lipinski definition) is 2. The van der Waals surface area contributed by atoms with Crippen molar-refractivity contribution < 1.29 is 0 Å². The highest BCUT2D eigenvalue weighted by Crippen LogP contribution is 2.21. The minimum atomic E-state index is 0.643. The lowest BCUT2D eigenvalue weighted by Gasteiger charge is -2.31. The smallest absolute Gasteiger partial charge is 0.191 e. The molecule has 1 aliphatic rings. The molecular weight excluding hydrogens is 288 g/mol. The molecule has 2 rings (SSSR count). The van der Waals surface area contributed by atoms with Crippen molar-refractivity contribution in [3.8, 4) is 0 Å². The Morgan fingerprint density at radius 2 is 2.13 bits per heavy atom. The lowest BCUT2D eigenvalue weighted by atomic mass is 9.94. The van der Waals surface area contributed by atoms with Gasteiger partial charge in [-0.3, -0.25) is 4.68 Å². The molecule has 0 spiro atoms. The maximum absolute atomic E-state index is 4.64. The number of nitrogens with one attached hydrogen (secondary N) is 2. The van der Waals surface area contributed by atoms with E-state index in [0.717, 1.165) is 37.3 Å². The van der Waals surface area contributed by atoms with Crippen molar-refractivity contribution in [2.45, 2.75) is 51.6 Å². The van der Waals surface area contributed by atoms with E-state index in [-0.39, 0.29) is 0 Å². The number of guanidine groups is 1. The number of aryl methyl sites for hydroxylation is 1. The quantitative estimate of drug-likeness (QED) is 0.593. The zero-order valence-electron chi connectivity index (χ0n) is 14.9. The van der Waals surface area contributed by atoms with Gasteiger partial charge < -0.3 is 15.5 Å². The summed E-state index contributed by atoms with van der Waals surface area (Å²) in [5, 5.41) is 10.9. The van der Waals surface area contributed by atoms with Crippen molar-refractivity contribution in [3.63, 3.8) is 0 Å². The summed E-state index contributed by atoms with van der Waals surface area (Å²) in [5.41, 5.74) is 1.11. The summed E-state index contributed by atoms with van der Waals surface area (Å²) in [6.45, 7) is 5.58. The maximum atomic E-state index is 4.64. The van der Waals surface area contributed by atoms with Gasteiger partial charge in [0.15, 0.2) is 5.96 Å². The van der Waals surface area contributed by atoms with Crippen LogP contribution in [-0.2, 0) is 13.6 Å². The molecule has 0 aliphatic heterocycles. The summed E-state index contributed by atoms with van der Waals surface area (Å²) in [6.07, 6.45) is 8.70. The van der Waals surface area contributed by atoms with Crippen LogP contribution >= 0.6 is 0 Å². The van der Waals surface area contributed by atoms with E-state index in [9.17, 15) is 0 Å². The Morgan fingerprint density at radius 1 is 1.35 bits per heavy atom.